The van der Waals surface area contributed by atoms with E-state index in [-0.39, 0.29) is 6.04 Å². The summed E-state index contributed by atoms with van der Waals surface area (Å²) in [7, 11) is 1.72. The van der Waals surface area contributed by atoms with Crippen LogP contribution in [0.1, 0.15) is 5.56 Å². The zero-order valence-electron chi connectivity index (χ0n) is 16.8. The molecule has 32 heavy (non-hydrogen) atoms. The number of pyridine rings is 1. The molecule has 0 aliphatic carbocycles. The quantitative estimate of drug-likeness (QED) is 0.477. The van der Waals surface area contributed by atoms with Crippen LogP contribution in [-0.4, -0.2) is 58.4 Å². The number of carbonyl (C=O) groups excluding carboxylic acids is 1. The molecule has 12 heteroatoms. The average molecular weight is 433 g/mol. The molecule has 1 fully saturated rings. The first-order valence-electron chi connectivity index (χ1n) is 9.94. The Balaban J connectivity index is 1.31. The first kappa shape index (κ1) is 18.5. The Bertz CT molecular complexity index is 1320. The normalized spacial score (nSPS) is 19.2. The second-order valence-electron chi connectivity index (χ2n) is 7.71. The van der Waals surface area contributed by atoms with E-state index in [9.17, 15) is 4.79 Å². The number of nitrogens with zero attached hydrogens (tertiary/aromatic N) is 9. The maximum atomic E-state index is 15.1. The summed E-state index contributed by atoms with van der Waals surface area (Å²) >= 11 is 0. The highest BCUT2D eigenvalue weighted by Crippen LogP contribution is 2.42. The van der Waals surface area contributed by atoms with Crippen molar-refractivity contribution in [2.45, 2.75) is 25.1 Å². The number of amides is 1. The van der Waals surface area contributed by atoms with Crippen molar-refractivity contribution in [3.05, 3.63) is 54.2 Å². The Kier molecular flexibility index (Phi) is 4.00. The van der Waals surface area contributed by atoms with Crippen LogP contribution in [0.3, 0.4) is 0 Å². The van der Waals surface area contributed by atoms with Gasteiger partial charge in [0, 0.05) is 30.6 Å². The first-order chi connectivity index (χ1) is 15.6. The molecule has 3 aromatic heterocycles. The lowest BCUT2D eigenvalue weighted by Crippen LogP contribution is -2.35. The lowest BCUT2D eigenvalue weighted by molar-refractivity contribution is 0.117. The van der Waals surface area contributed by atoms with Gasteiger partial charge in [0.15, 0.2) is 5.82 Å². The fourth-order valence-corrected chi connectivity index (χ4v) is 4.31. The molecule has 6 rings (SSSR count). The summed E-state index contributed by atoms with van der Waals surface area (Å²) in [6.07, 6.45) is 4.55. The van der Waals surface area contributed by atoms with Crippen LogP contribution in [-0.2, 0) is 24.8 Å². The molecule has 11 nitrogen and oxygen atoms in total. The van der Waals surface area contributed by atoms with Gasteiger partial charge in [-0.15, -0.1) is 10.2 Å². The lowest BCUT2D eigenvalue weighted by atomic mass is 10.00. The standard InChI is InChI=1S/C20H16FN9O2/c1-28-19(24-25-27-28)15-3-2-11(9-22-15)13-6-12-7-17-18(10-29-5-4-23-26-29)32-20(31)30(17)16(12)8-14(13)21/h2-6,8-9,17-18H,7,10H2,1H3/t17-,18?/m0/s1. The predicted octanol–water partition coefficient (Wildman–Crippen LogP) is 1.62. The zero-order chi connectivity index (χ0) is 21.8. The van der Waals surface area contributed by atoms with E-state index in [0.29, 0.717) is 41.3 Å². The highest BCUT2D eigenvalue weighted by molar-refractivity contribution is 5.94. The topological polar surface area (TPSA) is 117 Å². The van der Waals surface area contributed by atoms with Gasteiger partial charge >= 0.3 is 6.09 Å². The number of anilines is 1. The van der Waals surface area contributed by atoms with Crippen LogP contribution in [0.15, 0.2) is 42.9 Å². The van der Waals surface area contributed by atoms with E-state index < -0.39 is 18.0 Å². The molecule has 160 valence electrons. The SMILES string of the molecule is Cn1nnnc1-c1ccc(-c2cc3c(cc2F)N2C(=O)OC(Cn4ccnn4)[C@@H]2C3)cn1. The van der Waals surface area contributed by atoms with Gasteiger partial charge in [0.05, 0.1) is 24.5 Å². The number of aryl methyl sites for hydroxylation is 1. The van der Waals surface area contributed by atoms with Gasteiger partial charge < -0.3 is 4.74 Å². The van der Waals surface area contributed by atoms with Crippen molar-refractivity contribution in [3.8, 4) is 22.6 Å². The zero-order valence-corrected chi connectivity index (χ0v) is 16.8. The van der Waals surface area contributed by atoms with Crippen LogP contribution in [0, 0.1) is 5.82 Å². The summed E-state index contributed by atoms with van der Waals surface area (Å²) in [5.41, 5.74) is 3.05. The molecule has 2 aliphatic heterocycles. The number of halogens is 1. The van der Waals surface area contributed by atoms with Gasteiger partial charge in [-0.2, -0.15) is 0 Å². The summed E-state index contributed by atoms with van der Waals surface area (Å²) < 4.78 is 23.7. The van der Waals surface area contributed by atoms with Crippen LogP contribution >= 0.6 is 0 Å². The number of rotatable bonds is 4. The number of carbonyl (C=O) groups is 1. The van der Waals surface area contributed by atoms with Crippen LogP contribution in [0.4, 0.5) is 14.9 Å². The van der Waals surface area contributed by atoms with Crippen molar-refractivity contribution in [2.24, 2.45) is 7.05 Å². The highest BCUT2D eigenvalue weighted by atomic mass is 19.1. The van der Waals surface area contributed by atoms with Gasteiger partial charge in [0.25, 0.3) is 0 Å². The summed E-state index contributed by atoms with van der Waals surface area (Å²) in [5, 5.41) is 19.1. The average Bonchev–Trinajstić information content (AvgIpc) is 3.56. The predicted molar refractivity (Wildman–Crippen MR) is 108 cm³/mol. The van der Waals surface area contributed by atoms with Crippen LogP contribution < -0.4 is 4.90 Å². The van der Waals surface area contributed by atoms with Crippen LogP contribution in [0.2, 0.25) is 0 Å². The van der Waals surface area contributed by atoms with E-state index in [0.717, 1.165) is 5.56 Å². The highest BCUT2D eigenvalue weighted by Gasteiger charge is 2.48. The molecule has 2 atom stereocenters. The third-order valence-corrected chi connectivity index (χ3v) is 5.83. The Morgan fingerprint density at radius 2 is 2.16 bits per heavy atom. The number of hydrogen-bond donors (Lipinski definition) is 0. The monoisotopic (exact) mass is 433 g/mol. The van der Waals surface area contributed by atoms with Crippen molar-refractivity contribution in [2.75, 3.05) is 4.90 Å². The molecule has 5 heterocycles. The van der Waals surface area contributed by atoms with Gasteiger partial charge in [0.2, 0.25) is 0 Å². The number of hydrogen-bond acceptors (Lipinski definition) is 8. The van der Waals surface area contributed by atoms with Gasteiger partial charge in [-0.25, -0.2) is 18.5 Å². The smallest absolute Gasteiger partial charge is 0.415 e. The minimum Gasteiger partial charge on any atom is -0.442 e. The summed E-state index contributed by atoms with van der Waals surface area (Å²) in [6, 6.07) is 6.48. The third-order valence-electron chi connectivity index (χ3n) is 5.83. The fourth-order valence-electron chi connectivity index (χ4n) is 4.31. The molecule has 0 spiro atoms. The summed E-state index contributed by atoms with van der Waals surface area (Å²) in [6.45, 7) is 0.387. The van der Waals surface area contributed by atoms with Crippen molar-refractivity contribution in [1.82, 2.24) is 40.2 Å². The maximum absolute atomic E-state index is 15.1. The van der Waals surface area contributed by atoms with Crippen molar-refractivity contribution in [1.29, 1.82) is 0 Å². The second-order valence-corrected chi connectivity index (χ2v) is 7.71. The Morgan fingerprint density at radius 1 is 1.25 bits per heavy atom. The van der Waals surface area contributed by atoms with Gasteiger partial charge in [0.1, 0.15) is 17.6 Å². The Morgan fingerprint density at radius 3 is 2.88 bits per heavy atom. The summed E-state index contributed by atoms with van der Waals surface area (Å²) in [4.78, 5) is 18.4. The largest absolute Gasteiger partial charge is 0.442 e. The molecule has 0 N–H and O–H groups in total. The van der Waals surface area contributed by atoms with Crippen LogP contribution in [0.25, 0.3) is 22.6 Å². The Labute approximate surface area is 180 Å². The second kappa shape index (κ2) is 6.90. The van der Waals surface area contributed by atoms with Crippen molar-refractivity contribution >= 4 is 11.8 Å². The molecule has 0 saturated carbocycles. The van der Waals surface area contributed by atoms with Crippen LogP contribution in [0.5, 0.6) is 0 Å². The molecule has 0 bridgehead atoms. The lowest BCUT2D eigenvalue weighted by Gasteiger charge is -2.16. The Hall–Kier alpha value is -4.22. The van der Waals surface area contributed by atoms with E-state index >= 15 is 4.39 Å². The molecule has 0 radical (unpaired) electrons. The number of aromatic nitrogens is 8. The van der Waals surface area contributed by atoms with E-state index in [1.165, 1.54) is 15.6 Å². The number of ether oxygens (including phenoxy) is 1. The molecule has 4 aromatic rings. The maximum Gasteiger partial charge on any atom is 0.415 e. The molecular formula is C20H16FN9O2. The number of cyclic esters (lactones) is 1. The van der Waals surface area contributed by atoms with Crippen molar-refractivity contribution in [3.63, 3.8) is 0 Å². The van der Waals surface area contributed by atoms with E-state index in [1.807, 2.05) is 0 Å². The minimum absolute atomic E-state index is 0.222. The number of fused-ring (bicyclic) bond motifs is 3. The number of benzene rings is 1. The number of tetrazole rings is 1. The van der Waals surface area contributed by atoms with E-state index in [1.54, 1.807) is 48.5 Å². The minimum atomic E-state index is -0.477. The molecule has 2 aliphatic rings. The summed E-state index contributed by atoms with van der Waals surface area (Å²) in [5.74, 6) is 0.0790. The molecule has 1 amide bonds. The first-order valence-corrected chi connectivity index (χ1v) is 9.94. The fraction of sp³-hybridized carbons (Fsp3) is 0.250. The van der Waals surface area contributed by atoms with Gasteiger partial charge in [-0.1, -0.05) is 11.3 Å². The molecule has 1 saturated heterocycles. The molecule has 1 aromatic carbocycles. The molecule has 1 unspecified atom stereocenters. The van der Waals surface area contributed by atoms with E-state index in [4.69, 9.17) is 4.74 Å². The third kappa shape index (κ3) is 2.83. The molecular weight excluding hydrogens is 417 g/mol. The van der Waals surface area contributed by atoms with E-state index in [2.05, 4.69) is 30.8 Å². The van der Waals surface area contributed by atoms with Gasteiger partial charge in [-0.05, 0) is 40.6 Å². The van der Waals surface area contributed by atoms with Gasteiger partial charge in [-0.3, -0.25) is 9.88 Å². The van der Waals surface area contributed by atoms with Crippen molar-refractivity contribution < 1.29 is 13.9 Å².